The number of hydrogen-bond acceptors (Lipinski definition) is 15. The summed E-state index contributed by atoms with van der Waals surface area (Å²) in [6.45, 7) is 1.25. The number of methoxy groups -OCH3 is 1. The van der Waals surface area contributed by atoms with Crippen molar-refractivity contribution in [1.82, 2.24) is 29.4 Å². The number of sulfonamides is 1. The molecule has 3 heterocycles. The van der Waals surface area contributed by atoms with E-state index in [0.717, 1.165) is 11.3 Å². The molecular formula is C24H33N8O10PS. The minimum atomic E-state index is -4.53. The Hall–Kier alpha value is -3.42. The Morgan fingerprint density at radius 1 is 1.27 bits per heavy atom. The number of nitrogens with two attached hydrogens (primary N) is 1. The molecule has 1 saturated carbocycles. The van der Waals surface area contributed by atoms with Gasteiger partial charge in [0.25, 0.3) is 0 Å². The number of nitrogen functional groups attached to an aromatic ring is 1. The number of aliphatic hydroxyl groups excluding tert-OH is 1. The number of carbonyl (C=O) groups is 1. The Bertz CT molecular complexity index is 1700. The van der Waals surface area contributed by atoms with Crippen molar-refractivity contribution in [2.45, 2.75) is 55.9 Å². The number of aromatic nitrogens is 4. The van der Waals surface area contributed by atoms with E-state index in [1.54, 1.807) is 18.2 Å². The van der Waals surface area contributed by atoms with Gasteiger partial charge < -0.3 is 29.9 Å². The van der Waals surface area contributed by atoms with E-state index in [-0.39, 0.29) is 41.5 Å². The second-order valence-corrected chi connectivity index (χ2v) is 14.1. The molecule has 1 aromatic carbocycles. The van der Waals surface area contributed by atoms with Crippen LogP contribution in [0.15, 0.2) is 36.7 Å². The molecule has 3 aromatic rings. The average molecular weight is 657 g/mol. The first kappa shape index (κ1) is 32.0. The maximum Gasteiger partial charge on any atom is 0.462 e. The van der Waals surface area contributed by atoms with Crippen LogP contribution in [0.25, 0.3) is 11.2 Å². The molecule has 6 N–H and O–H groups in total. The fourth-order valence-corrected chi connectivity index (χ4v) is 7.39. The molecule has 3 unspecified atom stereocenters. The molecule has 2 aromatic heterocycles. The fourth-order valence-electron chi connectivity index (χ4n) is 4.98. The number of hydrazine groups is 1. The molecule has 2 fully saturated rings. The maximum atomic E-state index is 14.3. The lowest BCUT2D eigenvalue weighted by Crippen LogP contribution is -2.57. The Labute approximate surface area is 252 Å². The molecule has 1 saturated heterocycles. The van der Waals surface area contributed by atoms with Gasteiger partial charge in [-0.2, -0.15) is 15.1 Å². The lowest BCUT2D eigenvalue weighted by atomic mass is 9.78. The van der Waals surface area contributed by atoms with Gasteiger partial charge in [0.05, 0.1) is 19.7 Å². The van der Waals surface area contributed by atoms with Gasteiger partial charge in [0.1, 0.15) is 23.0 Å². The summed E-state index contributed by atoms with van der Waals surface area (Å²) in [5.74, 6) is -0.817. The van der Waals surface area contributed by atoms with Crippen molar-refractivity contribution in [1.29, 1.82) is 0 Å². The van der Waals surface area contributed by atoms with Crippen molar-refractivity contribution in [2.24, 2.45) is 0 Å². The molecular weight excluding hydrogens is 623 g/mol. The predicted octanol–water partition coefficient (Wildman–Crippen LogP) is 0.165. The summed E-state index contributed by atoms with van der Waals surface area (Å²) in [5, 5.41) is 26.3. The van der Waals surface area contributed by atoms with E-state index in [1.165, 1.54) is 44.1 Å². The summed E-state index contributed by atoms with van der Waals surface area (Å²) in [5.41, 5.74) is 2.50. The minimum absolute atomic E-state index is 0.00808. The van der Waals surface area contributed by atoms with Crippen LogP contribution in [-0.2, 0) is 33.4 Å². The highest BCUT2D eigenvalue weighted by atomic mass is 32.2. The zero-order valence-electron chi connectivity index (χ0n) is 24.1. The Morgan fingerprint density at radius 3 is 2.55 bits per heavy atom. The molecule has 1 aliphatic carbocycles. The number of carbonyl (C=O) groups excluding carboxylic acids is 1. The van der Waals surface area contributed by atoms with Gasteiger partial charge in [-0.05, 0) is 38.3 Å². The third-order valence-electron chi connectivity index (χ3n) is 7.26. The summed E-state index contributed by atoms with van der Waals surface area (Å²) in [4.78, 5) is 27.4. The highest BCUT2D eigenvalue weighted by molar-refractivity contribution is 7.88. The van der Waals surface area contributed by atoms with E-state index in [9.17, 15) is 28.0 Å². The lowest BCUT2D eigenvalue weighted by Gasteiger charge is -2.41. The summed E-state index contributed by atoms with van der Waals surface area (Å²) >= 11 is 0. The number of benzene rings is 1. The first-order valence-electron chi connectivity index (χ1n) is 13.3. The zero-order valence-corrected chi connectivity index (χ0v) is 25.9. The molecule has 0 spiro atoms. The molecule has 20 heteroatoms. The Balaban J connectivity index is 1.48. The monoisotopic (exact) mass is 656 g/mol. The zero-order chi connectivity index (χ0) is 32.1. The van der Waals surface area contributed by atoms with Crippen LogP contribution in [-0.4, -0.2) is 88.1 Å². The standard InChI is InChI=1S/C24H33N8O10PS/c1-23(35)16(33)19(42-43(36,41-14-9-6-5-7-10-14)29-24(11-8-12-24)21(34)39-3)40-20(23)32-13-26-15-17(27-22(25)28-18(15)32)31(2)30-44(4,37)38/h5-7,9-10,13,16,19-20,30,33,35H,8,11-12H2,1-4H3,(H,29,36)(H2,25,27,28)/t16?,19?,20-,23-,43?/m1/s1. The number of nitrogens with zero attached hydrogens (tertiary/aromatic N) is 5. The van der Waals surface area contributed by atoms with Gasteiger partial charge in [-0.1, -0.05) is 18.2 Å². The van der Waals surface area contributed by atoms with Gasteiger partial charge in [0.15, 0.2) is 23.2 Å². The molecule has 1 aliphatic heterocycles. The van der Waals surface area contributed by atoms with Crippen LogP contribution in [0.5, 0.6) is 5.75 Å². The fraction of sp³-hybridized carbons (Fsp3) is 0.500. The smallest absolute Gasteiger partial charge is 0.462 e. The number of fused-ring (bicyclic) bond motifs is 1. The highest BCUT2D eigenvalue weighted by Gasteiger charge is 2.58. The van der Waals surface area contributed by atoms with E-state index in [0.29, 0.717) is 6.42 Å². The van der Waals surface area contributed by atoms with Gasteiger partial charge in [-0.25, -0.2) is 18.0 Å². The molecule has 44 heavy (non-hydrogen) atoms. The summed E-state index contributed by atoms with van der Waals surface area (Å²) in [6.07, 6.45) is -1.67. The second kappa shape index (κ2) is 11.5. The maximum absolute atomic E-state index is 14.3. The quantitative estimate of drug-likeness (QED) is 0.105. The number of rotatable bonds is 11. The number of aliphatic hydroxyl groups is 2. The number of para-hydroxylation sites is 1. The molecule has 0 bridgehead atoms. The number of anilines is 2. The molecule has 18 nitrogen and oxygen atoms in total. The van der Waals surface area contributed by atoms with Gasteiger partial charge in [-0.3, -0.25) is 18.9 Å². The molecule has 0 radical (unpaired) electrons. The minimum Gasteiger partial charge on any atom is -0.468 e. The summed E-state index contributed by atoms with van der Waals surface area (Å²) < 4.78 is 61.4. The average Bonchev–Trinajstić information content (AvgIpc) is 3.42. The molecule has 240 valence electrons. The van der Waals surface area contributed by atoms with Crippen molar-refractivity contribution in [3.05, 3.63) is 36.7 Å². The summed E-state index contributed by atoms with van der Waals surface area (Å²) in [6, 6.07) is 8.02. The van der Waals surface area contributed by atoms with Crippen LogP contribution in [0.4, 0.5) is 11.8 Å². The first-order chi connectivity index (χ1) is 20.6. The highest BCUT2D eigenvalue weighted by Crippen LogP contribution is 2.54. The number of nitrogens with one attached hydrogen (secondary N) is 2. The van der Waals surface area contributed by atoms with Gasteiger partial charge >= 0.3 is 13.7 Å². The van der Waals surface area contributed by atoms with Crippen LogP contribution in [0, 0.1) is 0 Å². The third kappa shape index (κ3) is 6.09. The predicted molar refractivity (Wildman–Crippen MR) is 154 cm³/mol. The van der Waals surface area contributed by atoms with E-state index in [4.69, 9.17) is 24.3 Å². The van der Waals surface area contributed by atoms with Crippen molar-refractivity contribution >= 4 is 46.7 Å². The Morgan fingerprint density at radius 2 is 1.95 bits per heavy atom. The first-order valence-corrected chi connectivity index (χ1v) is 16.7. The molecule has 5 rings (SSSR count). The van der Waals surface area contributed by atoms with E-state index >= 15 is 0 Å². The van der Waals surface area contributed by atoms with Gasteiger partial charge in [0, 0.05) is 7.05 Å². The molecule has 5 atom stereocenters. The van der Waals surface area contributed by atoms with Crippen molar-refractivity contribution in [2.75, 3.05) is 31.2 Å². The number of esters is 1. The third-order valence-corrected chi connectivity index (χ3v) is 9.50. The number of hydrogen-bond donors (Lipinski definition) is 5. The largest absolute Gasteiger partial charge is 0.468 e. The van der Waals surface area contributed by atoms with Gasteiger partial charge in [0.2, 0.25) is 22.3 Å². The van der Waals surface area contributed by atoms with E-state index in [1.807, 2.05) is 0 Å². The van der Waals surface area contributed by atoms with Crippen LogP contribution in [0.1, 0.15) is 32.4 Å². The molecule has 2 aliphatic rings. The Kier molecular flexibility index (Phi) is 8.36. The number of ether oxygens (including phenoxy) is 2. The van der Waals surface area contributed by atoms with Crippen LogP contribution in [0.2, 0.25) is 0 Å². The topological polar surface area (TPSA) is 243 Å². The lowest BCUT2D eigenvalue weighted by molar-refractivity contribution is -0.153. The number of imidazole rings is 1. The van der Waals surface area contributed by atoms with Crippen LogP contribution >= 0.6 is 7.75 Å². The van der Waals surface area contributed by atoms with Crippen LogP contribution < -0.4 is 25.2 Å². The molecule has 0 amide bonds. The SMILES string of the molecule is COC(=O)C1(NP(=O)(Oc2ccccc2)OC2O[C@@H](n3cnc4c(N(C)NS(C)(=O)=O)nc(N)nc43)[C@](C)(O)C2O)CCC1. The normalized spacial score (nSPS) is 26.1. The van der Waals surface area contributed by atoms with Gasteiger partial charge in [-0.15, -0.1) is 4.83 Å². The van der Waals surface area contributed by atoms with Crippen molar-refractivity contribution in [3.8, 4) is 5.75 Å². The van der Waals surface area contributed by atoms with Crippen LogP contribution in [0.3, 0.4) is 0 Å². The van der Waals surface area contributed by atoms with E-state index in [2.05, 4.69) is 24.9 Å². The summed E-state index contributed by atoms with van der Waals surface area (Å²) in [7, 11) is -5.66. The van der Waals surface area contributed by atoms with Crippen molar-refractivity contribution in [3.63, 3.8) is 0 Å². The second-order valence-electron chi connectivity index (χ2n) is 10.7. The van der Waals surface area contributed by atoms with E-state index < -0.39 is 53.5 Å². The van der Waals surface area contributed by atoms with Crippen molar-refractivity contribution < 1.29 is 46.5 Å².